The molecular formula is C18H24ClN5O. The largest absolute Gasteiger partial charge is 0.340 e. The zero-order valence-electron chi connectivity index (χ0n) is 14.7. The topological polar surface area (TPSA) is 53.4 Å². The monoisotopic (exact) mass is 361 g/mol. The number of carbonyl (C=O) groups excluding carboxylic acids is 1. The molecular weight excluding hydrogens is 338 g/mol. The molecule has 0 saturated carbocycles. The van der Waals surface area contributed by atoms with Crippen LogP contribution in [0.5, 0.6) is 0 Å². The highest BCUT2D eigenvalue weighted by molar-refractivity contribution is 6.31. The summed E-state index contributed by atoms with van der Waals surface area (Å²) in [5, 5.41) is 3.58. The van der Waals surface area contributed by atoms with Gasteiger partial charge < -0.3 is 14.8 Å². The summed E-state index contributed by atoms with van der Waals surface area (Å²) in [7, 11) is 0. The van der Waals surface area contributed by atoms with Crippen molar-refractivity contribution in [2.45, 2.75) is 20.4 Å². The molecule has 3 rings (SSSR count). The normalized spacial score (nSPS) is 15.4. The van der Waals surface area contributed by atoms with Crippen LogP contribution in [0.3, 0.4) is 0 Å². The van der Waals surface area contributed by atoms with E-state index < -0.39 is 0 Å². The molecule has 0 spiro atoms. The maximum Gasteiger partial charge on any atom is 0.238 e. The van der Waals surface area contributed by atoms with Crippen LogP contribution in [0, 0.1) is 6.92 Å². The number of aromatic nitrogens is 2. The lowest BCUT2D eigenvalue weighted by Crippen LogP contribution is -2.49. The van der Waals surface area contributed by atoms with Crippen LogP contribution < -0.4 is 10.2 Å². The number of hydrogen-bond acceptors (Lipinski definition) is 4. The second-order valence-electron chi connectivity index (χ2n) is 6.29. The fourth-order valence-corrected chi connectivity index (χ4v) is 3.19. The van der Waals surface area contributed by atoms with Gasteiger partial charge in [0.05, 0.1) is 6.54 Å². The number of aryl methyl sites for hydroxylation is 2. The predicted molar refractivity (Wildman–Crippen MR) is 101 cm³/mol. The molecule has 0 radical (unpaired) electrons. The fraction of sp³-hybridized carbons (Fsp3) is 0.444. The minimum Gasteiger partial charge on any atom is -0.340 e. The summed E-state index contributed by atoms with van der Waals surface area (Å²) in [6, 6.07) is 5.57. The van der Waals surface area contributed by atoms with Crippen molar-refractivity contribution in [1.29, 1.82) is 0 Å². The van der Waals surface area contributed by atoms with Crippen LogP contribution in [0.2, 0.25) is 5.02 Å². The molecule has 1 saturated heterocycles. The molecule has 1 amide bonds. The van der Waals surface area contributed by atoms with Gasteiger partial charge in [0.2, 0.25) is 11.9 Å². The van der Waals surface area contributed by atoms with E-state index >= 15 is 0 Å². The van der Waals surface area contributed by atoms with Crippen LogP contribution in [-0.4, -0.2) is 53.1 Å². The summed E-state index contributed by atoms with van der Waals surface area (Å²) in [5.74, 6) is 1.00. The number of benzene rings is 1. The molecule has 1 aliphatic heterocycles. The zero-order chi connectivity index (χ0) is 17.8. The minimum atomic E-state index is -0.0107. The van der Waals surface area contributed by atoms with E-state index in [1.165, 1.54) is 0 Å². The number of amides is 1. The number of nitrogens with zero attached hydrogens (tertiary/aromatic N) is 4. The molecule has 1 aliphatic rings. The third kappa shape index (κ3) is 4.32. The number of carbonyl (C=O) groups is 1. The Bertz CT molecular complexity index is 737. The standard InChI is InChI=1S/C18H24ClN5O/c1-3-23-7-6-20-18(23)24-10-8-22(9-11-24)13-17(25)21-15-5-4-14(2)16(19)12-15/h4-7,12H,3,8-11,13H2,1-2H3,(H,21,25). The summed E-state index contributed by atoms with van der Waals surface area (Å²) < 4.78 is 2.14. The van der Waals surface area contributed by atoms with E-state index in [0.717, 1.165) is 49.9 Å². The smallest absolute Gasteiger partial charge is 0.238 e. The summed E-state index contributed by atoms with van der Waals surface area (Å²) in [6.07, 6.45) is 3.84. The molecule has 0 atom stereocenters. The van der Waals surface area contributed by atoms with Crippen molar-refractivity contribution in [3.8, 4) is 0 Å². The van der Waals surface area contributed by atoms with Crippen molar-refractivity contribution < 1.29 is 4.79 Å². The Morgan fingerprint density at radius 3 is 2.72 bits per heavy atom. The quantitative estimate of drug-likeness (QED) is 0.889. The van der Waals surface area contributed by atoms with Crippen molar-refractivity contribution in [3.05, 3.63) is 41.2 Å². The first-order chi connectivity index (χ1) is 12.1. The lowest BCUT2D eigenvalue weighted by atomic mass is 10.2. The summed E-state index contributed by atoms with van der Waals surface area (Å²) in [5.41, 5.74) is 1.74. The van der Waals surface area contributed by atoms with Gasteiger partial charge in [-0.25, -0.2) is 4.98 Å². The van der Waals surface area contributed by atoms with Gasteiger partial charge in [0.15, 0.2) is 0 Å². The van der Waals surface area contributed by atoms with Crippen LogP contribution in [-0.2, 0) is 11.3 Å². The molecule has 1 fully saturated rings. The average Bonchev–Trinajstić information content (AvgIpc) is 3.07. The van der Waals surface area contributed by atoms with Crippen LogP contribution in [0.15, 0.2) is 30.6 Å². The van der Waals surface area contributed by atoms with E-state index in [9.17, 15) is 4.79 Å². The van der Waals surface area contributed by atoms with Gasteiger partial charge in [-0.05, 0) is 31.5 Å². The van der Waals surface area contributed by atoms with Crippen molar-refractivity contribution >= 4 is 29.1 Å². The molecule has 1 N–H and O–H groups in total. The molecule has 1 aromatic heterocycles. The molecule has 6 nitrogen and oxygen atoms in total. The third-order valence-electron chi connectivity index (χ3n) is 4.51. The highest BCUT2D eigenvalue weighted by Gasteiger charge is 2.21. The van der Waals surface area contributed by atoms with Crippen LogP contribution >= 0.6 is 11.6 Å². The molecule has 7 heteroatoms. The van der Waals surface area contributed by atoms with Crippen molar-refractivity contribution in [1.82, 2.24) is 14.5 Å². The number of nitrogens with one attached hydrogen (secondary N) is 1. The third-order valence-corrected chi connectivity index (χ3v) is 4.92. The molecule has 0 unspecified atom stereocenters. The maximum absolute atomic E-state index is 12.3. The van der Waals surface area contributed by atoms with Crippen LogP contribution in [0.4, 0.5) is 11.6 Å². The van der Waals surface area contributed by atoms with Crippen molar-refractivity contribution in [2.75, 3.05) is 42.9 Å². The second kappa shape index (κ2) is 7.89. The van der Waals surface area contributed by atoms with Gasteiger partial charge in [-0.2, -0.15) is 0 Å². The Kier molecular flexibility index (Phi) is 5.60. The molecule has 0 aliphatic carbocycles. The lowest BCUT2D eigenvalue weighted by Gasteiger charge is -2.35. The Labute approximate surface area is 153 Å². The Morgan fingerprint density at radius 2 is 2.04 bits per heavy atom. The number of piperazine rings is 1. The average molecular weight is 362 g/mol. The Hall–Kier alpha value is -2.05. The van der Waals surface area contributed by atoms with E-state index in [1.54, 1.807) is 6.07 Å². The Morgan fingerprint density at radius 1 is 1.28 bits per heavy atom. The first-order valence-electron chi connectivity index (χ1n) is 8.61. The molecule has 25 heavy (non-hydrogen) atoms. The summed E-state index contributed by atoms with van der Waals surface area (Å²) in [4.78, 5) is 21.2. The number of hydrogen-bond donors (Lipinski definition) is 1. The molecule has 1 aromatic carbocycles. The highest BCUT2D eigenvalue weighted by atomic mass is 35.5. The zero-order valence-corrected chi connectivity index (χ0v) is 15.5. The first kappa shape index (κ1) is 17.8. The minimum absolute atomic E-state index is 0.0107. The van der Waals surface area contributed by atoms with E-state index in [-0.39, 0.29) is 5.91 Å². The van der Waals surface area contributed by atoms with Gasteiger partial charge in [-0.3, -0.25) is 9.69 Å². The predicted octanol–water partition coefficient (Wildman–Crippen LogP) is 2.63. The summed E-state index contributed by atoms with van der Waals surface area (Å²) >= 11 is 6.10. The van der Waals surface area contributed by atoms with Crippen molar-refractivity contribution in [2.24, 2.45) is 0 Å². The highest BCUT2D eigenvalue weighted by Crippen LogP contribution is 2.20. The lowest BCUT2D eigenvalue weighted by molar-refractivity contribution is -0.117. The first-order valence-corrected chi connectivity index (χ1v) is 8.99. The van der Waals surface area contributed by atoms with Gasteiger partial charge in [0.1, 0.15) is 0 Å². The van der Waals surface area contributed by atoms with Gasteiger partial charge >= 0.3 is 0 Å². The van der Waals surface area contributed by atoms with Gasteiger partial charge in [-0.15, -0.1) is 0 Å². The van der Waals surface area contributed by atoms with Gasteiger partial charge in [-0.1, -0.05) is 17.7 Å². The number of rotatable bonds is 5. The van der Waals surface area contributed by atoms with Crippen LogP contribution in [0.1, 0.15) is 12.5 Å². The van der Waals surface area contributed by atoms with Gasteiger partial charge in [0.25, 0.3) is 0 Å². The number of anilines is 2. The van der Waals surface area contributed by atoms with E-state index in [0.29, 0.717) is 11.6 Å². The van der Waals surface area contributed by atoms with Crippen LogP contribution in [0.25, 0.3) is 0 Å². The van der Waals surface area contributed by atoms with E-state index in [2.05, 4.69) is 31.6 Å². The molecule has 2 heterocycles. The Balaban J connectivity index is 1.50. The second-order valence-corrected chi connectivity index (χ2v) is 6.70. The SMILES string of the molecule is CCn1ccnc1N1CCN(CC(=O)Nc2ccc(C)c(Cl)c2)CC1. The van der Waals surface area contributed by atoms with E-state index in [4.69, 9.17) is 11.6 Å². The maximum atomic E-state index is 12.3. The number of halogens is 1. The number of imidazole rings is 1. The molecule has 134 valence electrons. The molecule has 0 bridgehead atoms. The fourth-order valence-electron chi connectivity index (χ4n) is 3.01. The van der Waals surface area contributed by atoms with Gasteiger partial charge in [0, 0.05) is 55.8 Å². The summed E-state index contributed by atoms with van der Waals surface area (Å²) in [6.45, 7) is 8.80. The van der Waals surface area contributed by atoms with Crippen molar-refractivity contribution in [3.63, 3.8) is 0 Å². The molecule has 2 aromatic rings. The van der Waals surface area contributed by atoms with E-state index in [1.807, 2.05) is 31.5 Å².